The van der Waals surface area contributed by atoms with Gasteiger partial charge in [-0.05, 0) is 42.7 Å². The van der Waals surface area contributed by atoms with Crippen LogP contribution in [0.1, 0.15) is 18.1 Å². The smallest absolute Gasteiger partial charge is 0.191 e. The minimum Gasteiger partial charge on any atom is -0.493 e. The zero-order valence-electron chi connectivity index (χ0n) is 15.7. The third kappa shape index (κ3) is 6.48. The van der Waals surface area contributed by atoms with E-state index >= 15 is 0 Å². The van der Waals surface area contributed by atoms with Crippen LogP contribution in [0.5, 0.6) is 11.5 Å². The van der Waals surface area contributed by atoms with Crippen molar-refractivity contribution in [2.45, 2.75) is 19.9 Å². The first-order chi connectivity index (χ1) is 13.1. The molecule has 1 heterocycles. The highest BCUT2D eigenvalue weighted by Crippen LogP contribution is 2.36. The predicted octanol–water partition coefficient (Wildman–Crippen LogP) is 3.70. The van der Waals surface area contributed by atoms with Crippen molar-refractivity contribution in [3.63, 3.8) is 0 Å². The van der Waals surface area contributed by atoms with Crippen LogP contribution in [0.2, 0.25) is 10.2 Å². The maximum atomic E-state index is 6.31. The van der Waals surface area contributed by atoms with E-state index in [0.29, 0.717) is 40.8 Å². The number of ether oxygens (including phenoxy) is 2. The summed E-state index contributed by atoms with van der Waals surface area (Å²) in [6.07, 6.45) is 2.59. The number of guanidine groups is 1. The number of nitrogens with one attached hydrogen (secondary N) is 2. The van der Waals surface area contributed by atoms with E-state index in [-0.39, 0.29) is 0 Å². The Hall–Kier alpha value is -2.18. The first kappa shape index (κ1) is 21.1. The minimum absolute atomic E-state index is 0.494. The van der Waals surface area contributed by atoms with Gasteiger partial charge in [0.2, 0.25) is 0 Å². The first-order valence-electron chi connectivity index (χ1n) is 8.61. The Morgan fingerprint density at radius 2 is 2.00 bits per heavy atom. The highest BCUT2D eigenvalue weighted by Gasteiger charge is 2.12. The molecule has 8 heteroatoms. The SMILES string of the molecule is CCOc1c(Cl)cc(CNC(=NC)NCCc2ccc(Cl)nc2)cc1OC. The van der Waals surface area contributed by atoms with Gasteiger partial charge in [0.25, 0.3) is 0 Å². The number of hydrogen-bond donors (Lipinski definition) is 2. The molecule has 0 bridgehead atoms. The zero-order chi connectivity index (χ0) is 19.6. The third-order valence-corrected chi connectivity index (χ3v) is 4.26. The van der Waals surface area contributed by atoms with Crippen molar-refractivity contribution in [3.8, 4) is 11.5 Å². The van der Waals surface area contributed by atoms with E-state index in [4.69, 9.17) is 32.7 Å². The van der Waals surface area contributed by atoms with E-state index in [1.54, 1.807) is 26.4 Å². The lowest BCUT2D eigenvalue weighted by Crippen LogP contribution is -2.37. The summed E-state index contributed by atoms with van der Waals surface area (Å²) in [5.74, 6) is 1.87. The lowest BCUT2D eigenvalue weighted by Gasteiger charge is -2.15. The van der Waals surface area contributed by atoms with Gasteiger partial charge in [0.1, 0.15) is 5.15 Å². The molecule has 0 amide bonds. The number of nitrogens with zero attached hydrogens (tertiary/aromatic N) is 2. The largest absolute Gasteiger partial charge is 0.493 e. The fourth-order valence-corrected chi connectivity index (χ4v) is 2.85. The molecule has 0 radical (unpaired) electrons. The van der Waals surface area contributed by atoms with Gasteiger partial charge in [-0.15, -0.1) is 0 Å². The fraction of sp³-hybridized carbons (Fsp3) is 0.368. The van der Waals surface area contributed by atoms with Crippen LogP contribution in [0, 0.1) is 0 Å². The van der Waals surface area contributed by atoms with Gasteiger partial charge < -0.3 is 20.1 Å². The molecule has 0 saturated heterocycles. The molecule has 27 heavy (non-hydrogen) atoms. The monoisotopic (exact) mass is 410 g/mol. The number of aliphatic imine (C=N–C) groups is 1. The maximum Gasteiger partial charge on any atom is 0.191 e. The average Bonchev–Trinajstić information content (AvgIpc) is 2.67. The summed E-state index contributed by atoms with van der Waals surface area (Å²) in [5.41, 5.74) is 2.07. The topological polar surface area (TPSA) is 67.8 Å². The van der Waals surface area contributed by atoms with Crippen LogP contribution in [0.3, 0.4) is 0 Å². The van der Waals surface area contributed by atoms with Gasteiger partial charge in [-0.2, -0.15) is 0 Å². The number of aromatic nitrogens is 1. The first-order valence-corrected chi connectivity index (χ1v) is 9.37. The molecule has 0 aliphatic heterocycles. The molecule has 0 unspecified atom stereocenters. The van der Waals surface area contributed by atoms with Gasteiger partial charge in [-0.25, -0.2) is 4.98 Å². The molecule has 0 aliphatic carbocycles. The van der Waals surface area contributed by atoms with Crippen molar-refractivity contribution >= 4 is 29.2 Å². The summed E-state index contributed by atoms with van der Waals surface area (Å²) in [6, 6.07) is 7.50. The number of benzene rings is 1. The molecule has 0 fully saturated rings. The average molecular weight is 411 g/mol. The van der Waals surface area contributed by atoms with Crippen molar-refractivity contribution in [1.82, 2.24) is 15.6 Å². The predicted molar refractivity (Wildman–Crippen MR) is 110 cm³/mol. The molecule has 0 aliphatic rings. The van der Waals surface area contributed by atoms with Crippen LogP contribution in [-0.2, 0) is 13.0 Å². The van der Waals surface area contributed by atoms with Gasteiger partial charge in [-0.1, -0.05) is 29.3 Å². The molecular weight excluding hydrogens is 387 g/mol. The quantitative estimate of drug-likeness (QED) is 0.394. The second kappa shape index (κ2) is 10.8. The number of hydrogen-bond acceptors (Lipinski definition) is 4. The van der Waals surface area contributed by atoms with Gasteiger partial charge in [0, 0.05) is 26.3 Å². The molecular formula is C19H24Cl2N4O2. The van der Waals surface area contributed by atoms with Crippen molar-refractivity contribution in [1.29, 1.82) is 0 Å². The summed E-state index contributed by atoms with van der Waals surface area (Å²) >= 11 is 12.1. The summed E-state index contributed by atoms with van der Waals surface area (Å²) in [5, 5.41) is 7.54. The van der Waals surface area contributed by atoms with E-state index in [1.807, 2.05) is 25.1 Å². The number of rotatable bonds is 8. The molecule has 0 saturated carbocycles. The van der Waals surface area contributed by atoms with Crippen molar-refractivity contribution in [2.75, 3.05) is 27.3 Å². The zero-order valence-corrected chi connectivity index (χ0v) is 17.2. The molecule has 1 aromatic heterocycles. The summed E-state index contributed by atoms with van der Waals surface area (Å²) < 4.78 is 10.9. The number of halogens is 2. The van der Waals surface area contributed by atoms with Gasteiger partial charge in [0.05, 0.1) is 18.7 Å². The number of methoxy groups -OCH3 is 1. The van der Waals surface area contributed by atoms with Crippen LogP contribution < -0.4 is 20.1 Å². The lowest BCUT2D eigenvalue weighted by atomic mass is 10.2. The van der Waals surface area contributed by atoms with E-state index in [0.717, 1.165) is 24.1 Å². The van der Waals surface area contributed by atoms with Crippen LogP contribution in [-0.4, -0.2) is 38.3 Å². The Labute approximate surface area is 169 Å². The summed E-state index contributed by atoms with van der Waals surface area (Å²) in [7, 11) is 3.32. The Morgan fingerprint density at radius 3 is 2.63 bits per heavy atom. The van der Waals surface area contributed by atoms with E-state index in [2.05, 4.69) is 20.6 Å². The van der Waals surface area contributed by atoms with Crippen LogP contribution in [0.25, 0.3) is 0 Å². The molecule has 0 atom stereocenters. The van der Waals surface area contributed by atoms with Gasteiger partial charge in [-0.3, -0.25) is 4.99 Å². The van der Waals surface area contributed by atoms with Crippen molar-refractivity contribution < 1.29 is 9.47 Å². The Kier molecular flexibility index (Phi) is 8.48. The molecule has 0 spiro atoms. The third-order valence-electron chi connectivity index (χ3n) is 3.76. The van der Waals surface area contributed by atoms with Gasteiger partial charge in [0.15, 0.2) is 17.5 Å². The summed E-state index contributed by atoms with van der Waals surface area (Å²) in [6.45, 7) is 3.69. The normalized spacial score (nSPS) is 11.2. The molecule has 2 rings (SSSR count). The fourth-order valence-electron chi connectivity index (χ4n) is 2.45. The highest BCUT2D eigenvalue weighted by molar-refractivity contribution is 6.32. The Balaban J connectivity index is 1.89. The summed E-state index contributed by atoms with van der Waals surface area (Å²) in [4.78, 5) is 8.30. The van der Waals surface area contributed by atoms with Crippen LogP contribution in [0.4, 0.5) is 0 Å². The second-order valence-electron chi connectivity index (χ2n) is 5.63. The molecule has 146 valence electrons. The van der Waals surface area contributed by atoms with Crippen molar-refractivity contribution in [3.05, 3.63) is 51.8 Å². The lowest BCUT2D eigenvalue weighted by molar-refractivity contribution is 0.311. The maximum absolute atomic E-state index is 6.31. The van der Waals surface area contributed by atoms with Crippen LogP contribution in [0.15, 0.2) is 35.5 Å². The van der Waals surface area contributed by atoms with E-state index in [9.17, 15) is 0 Å². The highest BCUT2D eigenvalue weighted by atomic mass is 35.5. The van der Waals surface area contributed by atoms with Crippen molar-refractivity contribution in [2.24, 2.45) is 4.99 Å². The van der Waals surface area contributed by atoms with E-state index < -0.39 is 0 Å². The molecule has 2 N–H and O–H groups in total. The van der Waals surface area contributed by atoms with E-state index in [1.165, 1.54) is 0 Å². The van der Waals surface area contributed by atoms with Gasteiger partial charge >= 0.3 is 0 Å². The Bertz CT molecular complexity index is 767. The molecule has 6 nitrogen and oxygen atoms in total. The molecule has 1 aromatic carbocycles. The second-order valence-corrected chi connectivity index (χ2v) is 6.43. The Morgan fingerprint density at radius 1 is 1.19 bits per heavy atom. The standard InChI is InChI=1S/C19H24Cl2N4O2/c1-4-27-18-15(20)9-14(10-16(18)26-3)12-25-19(22-2)23-8-7-13-5-6-17(21)24-11-13/h5-6,9-11H,4,7-8,12H2,1-3H3,(H2,22,23,25). The molecule has 2 aromatic rings. The number of pyridine rings is 1. The minimum atomic E-state index is 0.494. The van der Waals surface area contributed by atoms with Crippen LogP contribution >= 0.6 is 23.2 Å².